The minimum atomic E-state index is 0.0533. The predicted molar refractivity (Wildman–Crippen MR) is 179 cm³/mol. The van der Waals surface area contributed by atoms with Crippen LogP contribution < -0.4 is 9.47 Å². The van der Waals surface area contributed by atoms with Crippen LogP contribution in [0.2, 0.25) is 0 Å². The highest BCUT2D eigenvalue weighted by Crippen LogP contribution is 2.20. The summed E-state index contributed by atoms with van der Waals surface area (Å²) in [6.45, 7) is 10.9. The number of benzene rings is 4. The van der Waals surface area contributed by atoms with Gasteiger partial charge < -0.3 is 9.47 Å². The molecule has 0 aliphatic rings. The van der Waals surface area contributed by atoms with Gasteiger partial charge in [0.1, 0.15) is 24.7 Å². The van der Waals surface area contributed by atoms with Crippen LogP contribution in [0.25, 0.3) is 0 Å². The van der Waals surface area contributed by atoms with Gasteiger partial charge in [-0.15, -0.1) is 0 Å². The molecule has 0 saturated heterocycles. The van der Waals surface area contributed by atoms with Crippen LogP contribution in [0.4, 0.5) is 0 Å². The van der Waals surface area contributed by atoms with E-state index in [-0.39, 0.29) is 11.6 Å². The van der Waals surface area contributed by atoms with Gasteiger partial charge in [-0.3, -0.25) is 9.59 Å². The summed E-state index contributed by atoms with van der Waals surface area (Å²) in [4.78, 5) is 23.0. The van der Waals surface area contributed by atoms with Crippen LogP contribution in [-0.2, 0) is 13.2 Å². The maximum Gasteiger partial charge on any atom is 0.173 e. The summed E-state index contributed by atoms with van der Waals surface area (Å²) >= 11 is 8.68. The van der Waals surface area contributed by atoms with Crippen LogP contribution >= 0.6 is 44.2 Å². The molecule has 0 N–H and O–H groups in total. The van der Waals surface area contributed by atoms with Gasteiger partial charge in [-0.25, -0.2) is 0 Å². The van der Waals surface area contributed by atoms with E-state index in [2.05, 4.69) is 96.1 Å². The first-order chi connectivity index (χ1) is 19.7. The molecule has 0 aliphatic carbocycles. The molecule has 0 amide bonds. The van der Waals surface area contributed by atoms with Crippen LogP contribution in [0.15, 0.2) is 84.9 Å². The van der Waals surface area contributed by atoms with Crippen LogP contribution in [0.1, 0.15) is 61.0 Å². The van der Waals surface area contributed by atoms with Crippen LogP contribution in [0.5, 0.6) is 11.5 Å². The molecule has 0 fully saturated rings. The van der Waals surface area contributed by atoms with E-state index < -0.39 is 0 Å². The van der Waals surface area contributed by atoms with Crippen molar-refractivity contribution in [2.45, 2.75) is 47.8 Å². The van der Waals surface area contributed by atoms with Crippen molar-refractivity contribution in [1.82, 2.24) is 0 Å². The van der Waals surface area contributed by atoms with E-state index in [0.29, 0.717) is 29.7 Å². The average Bonchev–Trinajstić information content (AvgIpc) is 2.98. The summed E-state index contributed by atoms with van der Waals surface area (Å²) in [5.41, 5.74) is 8.64. The molecule has 7 heteroatoms. The number of ketones is 2. The van der Waals surface area contributed by atoms with Gasteiger partial charge in [-0.1, -0.05) is 76.6 Å². The van der Waals surface area contributed by atoms with E-state index in [4.69, 9.17) is 9.47 Å². The Labute approximate surface area is 267 Å². The zero-order valence-corrected chi connectivity index (χ0v) is 28.7. The van der Waals surface area contributed by atoms with Gasteiger partial charge in [0.15, 0.2) is 11.6 Å². The maximum atomic E-state index is 11.6. The normalized spacial score (nSPS) is 9.95. The molecule has 0 bridgehead atoms. The highest BCUT2D eigenvalue weighted by molar-refractivity contribution is 9.93. The van der Waals surface area contributed by atoms with Crippen LogP contribution in [0.3, 0.4) is 0 Å². The third-order valence-electron chi connectivity index (χ3n) is 6.57. The van der Waals surface area contributed by atoms with E-state index in [9.17, 15) is 9.59 Å². The Bertz CT molecular complexity index is 1410. The molecule has 0 unspecified atom stereocenters. The highest BCUT2D eigenvalue weighted by Gasteiger charge is 2.07. The number of Topliss-reactive ketones (excluding diaryl/α,β-unsaturated/α-hetero) is 2. The Balaban J connectivity index is 0.000000271. The molecule has 0 aliphatic heterocycles. The predicted octanol–water partition coefficient (Wildman–Crippen LogP) is 10.2. The third kappa shape index (κ3) is 10.9. The Morgan fingerprint density at radius 3 is 1.37 bits per heavy atom. The summed E-state index contributed by atoms with van der Waals surface area (Å²) in [6.07, 6.45) is 0. The summed E-state index contributed by atoms with van der Waals surface area (Å²) in [6, 6.07) is 27.0. The van der Waals surface area contributed by atoms with Crippen LogP contribution in [0, 0.1) is 27.7 Å². The fraction of sp³-hybridized carbons (Fsp3) is 0.235. The van der Waals surface area contributed by atoms with Gasteiger partial charge in [-0.2, -0.15) is 0 Å². The second kappa shape index (κ2) is 17.9. The standard InChI is InChI=1S/C17H17BrO2.C17H18O2.Br2/c1-12-5-3-6-13(2)16(12)11-20-15-8-4-7-14(9-15)17(19)10-18;1-12-6-4-7-13(2)17(12)11-19-16-9-5-8-15(10-16)14(3)18;1-2/h3-9H,10-11H2,1-2H3;4-10H,11H2,1-3H3;. The lowest BCUT2D eigenvalue weighted by Gasteiger charge is -2.12. The number of alkyl halides is 1. The third-order valence-corrected chi connectivity index (χ3v) is 7.08. The SMILES string of the molecule is BrBr.CC(=O)c1cccc(OCc2c(C)cccc2C)c1.Cc1cccc(C)c1COc1cccc(C(=O)CBr)c1. The number of halogens is 3. The zero-order chi connectivity index (χ0) is 30.4. The molecule has 0 aromatic heterocycles. The molecule has 4 aromatic carbocycles. The quantitative estimate of drug-likeness (QED) is 0.126. The Kier molecular flexibility index (Phi) is 15.1. The Hall–Kier alpha value is -2.74. The van der Waals surface area contributed by atoms with E-state index in [1.54, 1.807) is 31.2 Å². The monoisotopic (exact) mass is 744 g/mol. The van der Waals surface area contributed by atoms with Gasteiger partial charge in [0.25, 0.3) is 0 Å². The number of carbonyl (C=O) groups is 2. The van der Waals surface area contributed by atoms with Crippen molar-refractivity contribution in [1.29, 1.82) is 0 Å². The first kappa shape index (κ1) is 34.5. The van der Waals surface area contributed by atoms with Crippen molar-refractivity contribution >= 4 is 55.8 Å². The van der Waals surface area contributed by atoms with Crippen molar-refractivity contribution < 1.29 is 19.1 Å². The number of aryl methyl sites for hydroxylation is 4. The number of ether oxygens (including phenoxy) is 2. The van der Waals surface area contributed by atoms with E-state index in [1.165, 1.54) is 33.4 Å². The Morgan fingerprint density at radius 1 is 0.610 bits per heavy atom. The molecule has 0 spiro atoms. The largest absolute Gasteiger partial charge is 0.489 e. The molecule has 4 rings (SSSR count). The lowest BCUT2D eigenvalue weighted by Crippen LogP contribution is -2.03. The molecule has 0 atom stereocenters. The summed E-state index contributed by atoms with van der Waals surface area (Å²) < 4.78 is 11.6. The van der Waals surface area contributed by atoms with E-state index in [0.717, 1.165) is 11.5 Å². The first-order valence-corrected chi connectivity index (χ1v) is 17.8. The van der Waals surface area contributed by atoms with E-state index >= 15 is 0 Å². The summed E-state index contributed by atoms with van der Waals surface area (Å²) in [5.74, 6) is 1.56. The smallest absolute Gasteiger partial charge is 0.173 e. The topological polar surface area (TPSA) is 52.6 Å². The molecule has 41 heavy (non-hydrogen) atoms. The minimum absolute atomic E-state index is 0.0533. The molecular formula is C34H35Br3O4. The fourth-order valence-electron chi connectivity index (χ4n) is 4.11. The number of hydrogen-bond donors (Lipinski definition) is 0. The minimum Gasteiger partial charge on any atom is -0.489 e. The van der Waals surface area contributed by atoms with E-state index in [1.807, 2.05) is 36.4 Å². The van der Waals surface area contributed by atoms with Gasteiger partial charge in [-0.05, 0) is 92.3 Å². The second-order valence-electron chi connectivity index (χ2n) is 9.49. The lowest BCUT2D eigenvalue weighted by atomic mass is 10.0. The summed E-state index contributed by atoms with van der Waals surface area (Å²) in [7, 11) is 0. The molecule has 0 saturated carbocycles. The van der Waals surface area contributed by atoms with Crippen molar-refractivity contribution in [3.63, 3.8) is 0 Å². The second-order valence-corrected chi connectivity index (χ2v) is 10.0. The lowest BCUT2D eigenvalue weighted by molar-refractivity contribution is 0.101. The number of hydrogen-bond acceptors (Lipinski definition) is 4. The Morgan fingerprint density at radius 2 is 0.976 bits per heavy atom. The van der Waals surface area contributed by atoms with Crippen molar-refractivity contribution in [3.8, 4) is 11.5 Å². The highest BCUT2D eigenvalue weighted by atomic mass is 80.9. The van der Waals surface area contributed by atoms with Gasteiger partial charge in [0.2, 0.25) is 0 Å². The molecule has 4 nitrogen and oxygen atoms in total. The number of rotatable bonds is 9. The molecule has 4 aromatic rings. The molecule has 216 valence electrons. The van der Waals surface area contributed by atoms with Crippen molar-refractivity contribution in [2.75, 3.05) is 5.33 Å². The van der Waals surface area contributed by atoms with Crippen molar-refractivity contribution in [2.24, 2.45) is 0 Å². The summed E-state index contributed by atoms with van der Waals surface area (Å²) in [5, 5.41) is 0.327. The molecule has 0 heterocycles. The maximum absolute atomic E-state index is 11.6. The number of carbonyl (C=O) groups excluding carboxylic acids is 2. The van der Waals surface area contributed by atoms with Crippen LogP contribution in [-0.4, -0.2) is 16.9 Å². The molecular weight excluding hydrogens is 712 g/mol. The molecule has 0 radical (unpaired) electrons. The van der Waals surface area contributed by atoms with Gasteiger partial charge in [0, 0.05) is 39.4 Å². The van der Waals surface area contributed by atoms with Gasteiger partial charge in [0.05, 0.1) is 5.33 Å². The van der Waals surface area contributed by atoms with Crippen molar-refractivity contribution in [3.05, 3.63) is 129 Å². The first-order valence-electron chi connectivity index (χ1n) is 13.0. The zero-order valence-electron chi connectivity index (χ0n) is 24.0. The average molecular weight is 747 g/mol. The fourth-order valence-corrected chi connectivity index (χ4v) is 4.43. The van der Waals surface area contributed by atoms with Gasteiger partial charge >= 0.3 is 0 Å².